The smallest absolute Gasteiger partial charge is 0.368 e. The Balaban J connectivity index is 2.65. The molecule has 0 aliphatic heterocycles. The standard InChI is InChI=1S/C9H6ClF3N4S/c10-6-2-1-4(3-5(6)9(11,12)13)17-7(14)15-16-8(17)18/h1-3H,(H2,14,15)(H,16,18). The van der Waals surface area contributed by atoms with Crippen LogP contribution in [0.3, 0.4) is 0 Å². The van der Waals surface area contributed by atoms with E-state index in [-0.39, 0.29) is 21.4 Å². The number of aromatic nitrogens is 3. The predicted molar refractivity (Wildman–Crippen MR) is 63.2 cm³/mol. The molecular weight excluding hydrogens is 289 g/mol. The minimum absolute atomic E-state index is 0.0320. The second-order valence-corrected chi connectivity index (χ2v) is 4.18. The summed E-state index contributed by atoms with van der Waals surface area (Å²) in [6.45, 7) is 0. The van der Waals surface area contributed by atoms with Crippen LogP contribution in [0.15, 0.2) is 18.2 Å². The third-order valence-electron chi connectivity index (χ3n) is 2.21. The number of halogens is 4. The fraction of sp³-hybridized carbons (Fsp3) is 0.111. The number of hydrogen-bond acceptors (Lipinski definition) is 3. The normalized spacial score (nSPS) is 11.8. The van der Waals surface area contributed by atoms with Crippen LogP contribution < -0.4 is 5.73 Å². The molecule has 0 saturated heterocycles. The molecule has 0 aliphatic carbocycles. The first-order valence-electron chi connectivity index (χ1n) is 4.60. The number of aromatic amines is 1. The summed E-state index contributed by atoms with van der Waals surface area (Å²) in [5, 5.41) is 5.61. The summed E-state index contributed by atoms with van der Waals surface area (Å²) in [7, 11) is 0. The molecule has 0 radical (unpaired) electrons. The molecule has 0 unspecified atom stereocenters. The van der Waals surface area contributed by atoms with Gasteiger partial charge < -0.3 is 5.73 Å². The van der Waals surface area contributed by atoms with Crippen LogP contribution in [0.2, 0.25) is 5.02 Å². The van der Waals surface area contributed by atoms with E-state index in [1.165, 1.54) is 10.6 Å². The van der Waals surface area contributed by atoms with Crippen molar-refractivity contribution in [3.05, 3.63) is 33.6 Å². The minimum Gasteiger partial charge on any atom is -0.368 e. The van der Waals surface area contributed by atoms with E-state index in [2.05, 4.69) is 10.2 Å². The number of hydrogen-bond donors (Lipinski definition) is 2. The average molecular weight is 295 g/mol. The third kappa shape index (κ3) is 2.21. The topological polar surface area (TPSA) is 59.6 Å². The molecule has 4 nitrogen and oxygen atoms in total. The molecule has 0 fully saturated rings. The fourth-order valence-corrected chi connectivity index (χ4v) is 1.90. The number of rotatable bonds is 1. The van der Waals surface area contributed by atoms with Crippen molar-refractivity contribution in [2.75, 3.05) is 5.73 Å². The van der Waals surface area contributed by atoms with Crippen molar-refractivity contribution in [1.82, 2.24) is 14.8 Å². The number of nitrogens with zero attached hydrogens (tertiary/aromatic N) is 2. The minimum atomic E-state index is -4.55. The highest BCUT2D eigenvalue weighted by molar-refractivity contribution is 7.71. The lowest BCUT2D eigenvalue weighted by Gasteiger charge is -2.11. The maximum absolute atomic E-state index is 12.7. The van der Waals surface area contributed by atoms with E-state index in [1.54, 1.807) is 0 Å². The molecular formula is C9H6ClF3N4S. The molecule has 0 aliphatic rings. The zero-order valence-corrected chi connectivity index (χ0v) is 10.2. The number of nitrogen functional groups attached to an aromatic ring is 1. The molecule has 1 aromatic heterocycles. The molecule has 3 N–H and O–H groups in total. The van der Waals surface area contributed by atoms with E-state index >= 15 is 0 Å². The van der Waals surface area contributed by atoms with Crippen LogP contribution in [-0.4, -0.2) is 14.8 Å². The van der Waals surface area contributed by atoms with Crippen LogP contribution in [-0.2, 0) is 6.18 Å². The van der Waals surface area contributed by atoms with E-state index < -0.39 is 11.7 Å². The van der Waals surface area contributed by atoms with Crippen molar-refractivity contribution in [2.24, 2.45) is 0 Å². The average Bonchev–Trinajstić information content (AvgIpc) is 2.58. The van der Waals surface area contributed by atoms with Crippen LogP contribution in [0.25, 0.3) is 5.69 Å². The summed E-state index contributed by atoms with van der Waals surface area (Å²) >= 11 is 10.4. The Bertz CT molecular complexity index is 646. The summed E-state index contributed by atoms with van der Waals surface area (Å²) in [6, 6.07) is 3.37. The molecule has 0 saturated carbocycles. The summed E-state index contributed by atoms with van der Waals surface area (Å²) in [6.07, 6.45) is -4.55. The number of nitrogens with one attached hydrogen (secondary N) is 1. The van der Waals surface area contributed by atoms with Crippen molar-refractivity contribution < 1.29 is 13.2 Å². The van der Waals surface area contributed by atoms with Crippen LogP contribution >= 0.6 is 23.8 Å². The molecule has 0 amide bonds. The Kier molecular flexibility index (Phi) is 3.07. The molecule has 96 valence electrons. The number of nitrogens with two attached hydrogens (primary N) is 1. The van der Waals surface area contributed by atoms with Crippen molar-refractivity contribution in [3.63, 3.8) is 0 Å². The monoisotopic (exact) mass is 294 g/mol. The van der Waals surface area contributed by atoms with E-state index in [9.17, 15) is 13.2 Å². The molecule has 9 heteroatoms. The maximum Gasteiger partial charge on any atom is 0.417 e. The molecule has 1 aromatic carbocycles. The van der Waals surface area contributed by atoms with E-state index in [1.807, 2.05) is 0 Å². The lowest BCUT2D eigenvalue weighted by atomic mass is 10.2. The van der Waals surface area contributed by atoms with Gasteiger partial charge in [0.05, 0.1) is 16.3 Å². The SMILES string of the molecule is Nc1n[nH]c(=S)n1-c1ccc(Cl)c(C(F)(F)F)c1. The Morgan fingerprint density at radius 1 is 1.39 bits per heavy atom. The Morgan fingerprint density at radius 3 is 2.56 bits per heavy atom. The van der Waals surface area contributed by atoms with Crippen molar-refractivity contribution >= 4 is 29.8 Å². The van der Waals surface area contributed by atoms with Crippen LogP contribution in [0.4, 0.5) is 19.1 Å². The lowest BCUT2D eigenvalue weighted by Crippen LogP contribution is -2.08. The molecule has 18 heavy (non-hydrogen) atoms. The predicted octanol–water partition coefficient (Wildman–Crippen LogP) is 3.18. The largest absolute Gasteiger partial charge is 0.417 e. The van der Waals surface area contributed by atoms with Crippen molar-refractivity contribution in [2.45, 2.75) is 6.18 Å². The van der Waals surface area contributed by atoms with Gasteiger partial charge in [0.1, 0.15) is 0 Å². The molecule has 2 rings (SSSR count). The lowest BCUT2D eigenvalue weighted by molar-refractivity contribution is -0.137. The van der Waals surface area contributed by atoms with Gasteiger partial charge in [0.2, 0.25) is 10.7 Å². The Labute approximate surface area is 109 Å². The zero-order chi connectivity index (χ0) is 13.5. The van der Waals surface area contributed by atoms with Crippen LogP contribution in [0.1, 0.15) is 5.56 Å². The second kappa shape index (κ2) is 4.29. The number of alkyl halides is 3. The highest BCUT2D eigenvalue weighted by Crippen LogP contribution is 2.36. The Hall–Kier alpha value is -1.54. The van der Waals surface area contributed by atoms with Gasteiger partial charge in [-0.1, -0.05) is 11.6 Å². The van der Waals surface area contributed by atoms with Gasteiger partial charge in [0.25, 0.3) is 0 Å². The second-order valence-electron chi connectivity index (χ2n) is 3.38. The van der Waals surface area contributed by atoms with E-state index in [0.717, 1.165) is 12.1 Å². The van der Waals surface area contributed by atoms with Crippen molar-refractivity contribution in [3.8, 4) is 5.69 Å². The molecule has 0 atom stereocenters. The summed E-state index contributed by atoms with van der Waals surface area (Å²) in [4.78, 5) is 0. The molecule has 0 spiro atoms. The third-order valence-corrected chi connectivity index (χ3v) is 2.82. The van der Waals surface area contributed by atoms with Gasteiger partial charge in [-0.15, -0.1) is 5.10 Å². The fourth-order valence-electron chi connectivity index (χ4n) is 1.43. The van der Waals surface area contributed by atoms with Gasteiger partial charge in [0, 0.05) is 0 Å². The number of benzene rings is 1. The first-order valence-corrected chi connectivity index (χ1v) is 5.39. The quantitative estimate of drug-likeness (QED) is 0.794. The zero-order valence-electron chi connectivity index (χ0n) is 8.62. The van der Waals surface area contributed by atoms with Gasteiger partial charge in [-0.2, -0.15) is 13.2 Å². The van der Waals surface area contributed by atoms with Gasteiger partial charge in [-0.05, 0) is 30.4 Å². The molecule has 0 bridgehead atoms. The summed E-state index contributed by atoms with van der Waals surface area (Å²) in [5.41, 5.74) is 4.70. The highest BCUT2D eigenvalue weighted by atomic mass is 35.5. The van der Waals surface area contributed by atoms with Gasteiger partial charge in [0.15, 0.2) is 0 Å². The van der Waals surface area contributed by atoms with Crippen molar-refractivity contribution in [1.29, 1.82) is 0 Å². The first kappa shape index (κ1) is 12.9. The Morgan fingerprint density at radius 2 is 2.06 bits per heavy atom. The summed E-state index contributed by atoms with van der Waals surface area (Å²) < 4.78 is 39.4. The molecule has 1 heterocycles. The van der Waals surface area contributed by atoms with Gasteiger partial charge in [-0.3, -0.25) is 4.57 Å². The molecule has 2 aromatic rings. The maximum atomic E-state index is 12.7. The van der Waals surface area contributed by atoms with E-state index in [4.69, 9.17) is 29.6 Å². The van der Waals surface area contributed by atoms with Gasteiger partial charge in [-0.25, -0.2) is 5.10 Å². The number of H-pyrrole nitrogens is 1. The first-order chi connectivity index (χ1) is 8.30. The number of anilines is 1. The van der Waals surface area contributed by atoms with E-state index in [0.29, 0.717) is 0 Å². The van der Waals surface area contributed by atoms with Crippen LogP contribution in [0.5, 0.6) is 0 Å². The van der Waals surface area contributed by atoms with Crippen LogP contribution in [0, 0.1) is 4.77 Å². The highest BCUT2D eigenvalue weighted by Gasteiger charge is 2.33. The van der Waals surface area contributed by atoms with Gasteiger partial charge >= 0.3 is 6.18 Å². The summed E-state index contributed by atoms with van der Waals surface area (Å²) in [5.74, 6) is -0.0320.